The van der Waals surface area contributed by atoms with Gasteiger partial charge in [0.25, 0.3) is 0 Å². The maximum absolute atomic E-state index is 11.5. The highest BCUT2D eigenvalue weighted by molar-refractivity contribution is 6.33. The Hall–Kier alpha value is -1.95. The highest BCUT2D eigenvalue weighted by Crippen LogP contribution is 2.37. The lowest BCUT2D eigenvalue weighted by molar-refractivity contribution is 0.0695. The van der Waals surface area contributed by atoms with Gasteiger partial charge in [-0.2, -0.15) is 5.10 Å². The second-order valence-corrected chi connectivity index (χ2v) is 5.17. The van der Waals surface area contributed by atoms with Crippen LogP contribution in [0.1, 0.15) is 47.7 Å². The molecule has 0 saturated heterocycles. The van der Waals surface area contributed by atoms with E-state index in [9.17, 15) is 9.90 Å². The Kier molecular flexibility index (Phi) is 3.40. The van der Waals surface area contributed by atoms with Crippen LogP contribution in [0.4, 0.5) is 0 Å². The number of carboxylic acids is 1. The van der Waals surface area contributed by atoms with E-state index in [1.54, 1.807) is 12.3 Å². The Morgan fingerprint density at radius 2 is 2.15 bits per heavy atom. The lowest BCUT2D eigenvalue weighted by atomic mass is 10.0. The minimum Gasteiger partial charge on any atom is -0.478 e. The van der Waals surface area contributed by atoms with Crippen molar-refractivity contribution in [1.82, 2.24) is 19.7 Å². The van der Waals surface area contributed by atoms with Gasteiger partial charge in [0.2, 0.25) is 0 Å². The van der Waals surface area contributed by atoms with Crippen molar-refractivity contribution in [3.05, 3.63) is 35.0 Å². The number of halogens is 1. The lowest BCUT2D eigenvalue weighted by Crippen LogP contribution is -2.04. The van der Waals surface area contributed by atoms with Gasteiger partial charge in [0, 0.05) is 18.2 Å². The fourth-order valence-corrected chi connectivity index (χ4v) is 2.96. The van der Waals surface area contributed by atoms with Crippen molar-refractivity contribution >= 4 is 17.6 Å². The largest absolute Gasteiger partial charge is 0.478 e. The average Bonchev–Trinajstić information content (AvgIpc) is 3.06. The molecule has 0 bridgehead atoms. The van der Waals surface area contributed by atoms with E-state index in [0.29, 0.717) is 11.5 Å². The molecule has 0 radical (unpaired) electrons. The van der Waals surface area contributed by atoms with Crippen molar-refractivity contribution in [2.24, 2.45) is 0 Å². The van der Waals surface area contributed by atoms with Gasteiger partial charge >= 0.3 is 5.97 Å². The minimum absolute atomic E-state index is 0.0946. The molecule has 0 spiro atoms. The average molecular weight is 293 g/mol. The monoisotopic (exact) mass is 292 g/mol. The summed E-state index contributed by atoms with van der Waals surface area (Å²) < 4.78 is 1.38. The Labute approximate surface area is 120 Å². The van der Waals surface area contributed by atoms with Gasteiger partial charge < -0.3 is 5.11 Å². The van der Waals surface area contributed by atoms with Crippen molar-refractivity contribution < 1.29 is 9.90 Å². The zero-order valence-corrected chi connectivity index (χ0v) is 11.4. The number of carboxylic acid groups (broad SMARTS) is 1. The van der Waals surface area contributed by atoms with Crippen molar-refractivity contribution in [2.45, 2.75) is 31.6 Å². The van der Waals surface area contributed by atoms with Crippen LogP contribution in [0.2, 0.25) is 5.15 Å². The molecule has 2 aromatic heterocycles. The zero-order chi connectivity index (χ0) is 14.1. The van der Waals surface area contributed by atoms with E-state index >= 15 is 0 Å². The van der Waals surface area contributed by atoms with E-state index < -0.39 is 5.97 Å². The SMILES string of the molecule is O=C(O)c1c(C2CCCC2)nn(-c2ccncn2)c1Cl. The molecule has 1 aliphatic rings. The number of rotatable bonds is 3. The van der Waals surface area contributed by atoms with Gasteiger partial charge in [-0.1, -0.05) is 24.4 Å². The van der Waals surface area contributed by atoms with E-state index in [1.165, 1.54) is 11.0 Å². The van der Waals surface area contributed by atoms with Crippen molar-refractivity contribution in [1.29, 1.82) is 0 Å². The molecule has 0 atom stereocenters. The van der Waals surface area contributed by atoms with E-state index in [4.69, 9.17) is 11.6 Å². The van der Waals surface area contributed by atoms with Crippen molar-refractivity contribution in [3.63, 3.8) is 0 Å². The molecule has 6 nitrogen and oxygen atoms in total. The van der Waals surface area contributed by atoms with Gasteiger partial charge in [-0.05, 0) is 12.8 Å². The van der Waals surface area contributed by atoms with Gasteiger partial charge in [0.15, 0.2) is 5.82 Å². The molecule has 104 valence electrons. The van der Waals surface area contributed by atoms with E-state index in [1.807, 2.05) is 0 Å². The van der Waals surface area contributed by atoms with Crippen LogP contribution in [0.3, 0.4) is 0 Å². The summed E-state index contributed by atoms with van der Waals surface area (Å²) in [5, 5.41) is 13.9. The number of aromatic nitrogens is 4. The standard InChI is InChI=1S/C13H13ClN4O2/c14-12-10(13(19)20)11(8-3-1-2-4-8)17-18(12)9-5-6-15-7-16-9/h5-8H,1-4H2,(H,19,20). The highest BCUT2D eigenvalue weighted by atomic mass is 35.5. The van der Waals surface area contributed by atoms with Crippen LogP contribution in [0, 0.1) is 0 Å². The third-order valence-corrected chi connectivity index (χ3v) is 3.94. The quantitative estimate of drug-likeness (QED) is 0.940. The highest BCUT2D eigenvalue weighted by Gasteiger charge is 2.30. The summed E-state index contributed by atoms with van der Waals surface area (Å²) in [6.45, 7) is 0. The fourth-order valence-electron chi connectivity index (χ4n) is 2.66. The Bertz CT molecular complexity index is 635. The first-order valence-corrected chi connectivity index (χ1v) is 6.84. The van der Waals surface area contributed by atoms with Crippen molar-refractivity contribution in [2.75, 3.05) is 0 Å². The summed E-state index contributed by atoms with van der Waals surface area (Å²) in [7, 11) is 0. The number of hydrogen-bond acceptors (Lipinski definition) is 4. The smallest absolute Gasteiger partial charge is 0.340 e. The second-order valence-electron chi connectivity index (χ2n) is 4.82. The molecule has 1 N–H and O–H groups in total. The van der Waals surface area contributed by atoms with Crippen LogP contribution in [0.5, 0.6) is 0 Å². The topological polar surface area (TPSA) is 80.9 Å². The van der Waals surface area contributed by atoms with Crippen LogP contribution < -0.4 is 0 Å². The van der Waals surface area contributed by atoms with E-state index in [2.05, 4.69) is 15.1 Å². The van der Waals surface area contributed by atoms with Crippen LogP contribution >= 0.6 is 11.6 Å². The van der Waals surface area contributed by atoms with Crippen LogP contribution in [0.25, 0.3) is 5.82 Å². The van der Waals surface area contributed by atoms with Gasteiger partial charge in [-0.25, -0.2) is 19.4 Å². The molecule has 0 amide bonds. The number of carbonyl (C=O) groups is 1. The molecular formula is C13H13ClN4O2. The van der Waals surface area contributed by atoms with Crippen LogP contribution in [-0.4, -0.2) is 30.8 Å². The summed E-state index contributed by atoms with van der Waals surface area (Å²) in [5.41, 5.74) is 0.663. The zero-order valence-electron chi connectivity index (χ0n) is 10.7. The number of nitrogens with zero attached hydrogens (tertiary/aromatic N) is 4. The molecule has 2 aromatic rings. The number of aromatic carboxylic acids is 1. The summed E-state index contributed by atoms with van der Waals surface area (Å²) in [6, 6.07) is 1.64. The molecule has 2 heterocycles. The van der Waals surface area contributed by atoms with Crippen molar-refractivity contribution in [3.8, 4) is 5.82 Å². The van der Waals surface area contributed by atoms with E-state index in [0.717, 1.165) is 25.7 Å². The van der Waals surface area contributed by atoms with Gasteiger partial charge in [0.1, 0.15) is 17.0 Å². The van der Waals surface area contributed by atoms with Gasteiger partial charge in [-0.3, -0.25) is 0 Å². The third-order valence-electron chi connectivity index (χ3n) is 3.60. The molecule has 0 unspecified atom stereocenters. The predicted molar refractivity (Wildman–Crippen MR) is 72.3 cm³/mol. The molecular weight excluding hydrogens is 280 g/mol. The van der Waals surface area contributed by atoms with Gasteiger partial charge in [0.05, 0.1) is 5.69 Å². The Balaban J connectivity index is 2.13. The third kappa shape index (κ3) is 2.16. The van der Waals surface area contributed by atoms with Crippen LogP contribution in [-0.2, 0) is 0 Å². The summed E-state index contributed by atoms with van der Waals surface area (Å²) >= 11 is 6.20. The molecule has 3 rings (SSSR count). The Morgan fingerprint density at radius 3 is 2.75 bits per heavy atom. The molecule has 0 aromatic carbocycles. The molecule has 0 aliphatic heterocycles. The fraction of sp³-hybridized carbons (Fsp3) is 0.385. The lowest BCUT2D eigenvalue weighted by Gasteiger charge is -2.05. The summed E-state index contributed by atoms with van der Waals surface area (Å²) in [6.07, 6.45) is 7.05. The Morgan fingerprint density at radius 1 is 1.40 bits per heavy atom. The first kappa shape index (κ1) is 13.1. The molecule has 20 heavy (non-hydrogen) atoms. The maximum atomic E-state index is 11.5. The normalized spacial score (nSPS) is 15.7. The molecule has 7 heteroatoms. The van der Waals surface area contributed by atoms with Crippen LogP contribution in [0.15, 0.2) is 18.6 Å². The molecule has 1 fully saturated rings. The first-order chi connectivity index (χ1) is 9.68. The number of hydrogen-bond donors (Lipinski definition) is 1. The van der Waals surface area contributed by atoms with E-state index in [-0.39, 0.29) is 16.6 Å². The maximum Gasteiger partial charge on any atom is 0.340 e. The second kappa shape index (κ2) is 5.20. The minimum atomic E-state index is -1.04. The van der Waals surface area contributed by atoms with Gasteiger partial charge in [-0.15, -0.1) is 0 Å². The summed E-state index contributed by atoms with van der Waals surface area (Å²) in [5.74, 6) is -0.407. The molecule has 1 aliphatic carbocycles. The summed E-state index contributed by atoms with van der Waals surface area (Å²) in [4.78, 5) is 19.4. The predicted octanol–water partition coefficient (Wildman–Crippen LogP) is 2.67. The first-order valence-electron chi connectivity index (χ1n) is 6.46. The molecule has 1 saturated carbocycles.